The molecule has 6 nitrogen and oxygen atoms in total. The molecule has 17 heavy (non-hydrogen) atoms. The first-order valence-corrected chi connectivity index (χ1v) is 5.47. The van der Waals surface area contributed by atoms with Crippen LogP contribution in [0.25, 0.3) is 0 Å². The molecule has 0 radical (unpaired) electrons. The van der Waals surface area contributed by atoms with Gasteiger partial charge >= 0.3 is 0 Å². The fraction of sp³-hybridized carbons (Fsp3) is 0.545. The third-order valence-electron chi connectivity index (χ3n) is 1.94. The Kier molecular flexibility index (Phi) is 4.68. The van der Waals surface area contributed by atoms with E-state index in [2.05, 4.69) is 15.8 Å². The van der Waals surface area contributed by atoms with Crippen molar-refractivity contribution >= 4 is 17.6 Å². The molecule has 2 amide bonds. The molecule has 0 fully saturated rings. The summed E-state index contributed by atoms with van der Waals surface area (Å²) in [5, 5.41) is 8.66. The molecular formula is C11H17N3O3. The van der Waals surface area contributed by atoms with Gasteiger partial charge in [0, 0.05) is 12.5 Å². The lowest BCUT2D eigenvalue weighted by Crippen LogP contribution is -2.33. The van der Waals surface area contributed by atoms with Gasteiger partial charge in [0.05, 0.1) is 6.54 Å². The van der Waals surface area contributed by atoms with E-state index in [0.717, 1.165) is 0 Å². The number of rotatable bonds is 5. The number of nitrogens with zero attached hydrogens (tertiary/aromatic N) is 1. The summed E-state index contributed by atoms with van der Waals surface area (Å²) in [6.07, 6.45) is 0.413. The molecule has 2 N–H and O–H groups in total. The van der Waals surface area contributed by atoms with Gasteiger partial charge in [-0.3, -0.25) is 9.59 Å². The van der Waals surface area contributed by atoms with Crippen LogP contribution in [0, 0.1) is 12.8 Å². The van der Waals surface area contributed by atoms with Gasteiger partial charge in [0.15, 0.2) is 5.82 Å². The van der Waals surface area contributed by atoms with Gasteiger partial charge in [0.25, 0.3) is 0 Å². The maximum atomic E-state index is 11.4. The van der Waals surface area contributed by atoms with E-state index in [4.69, 9.17) is 4.52 Å². The van der Waals surface area contributed by atoms with Crippen LogP contribution in [0.1, 0.15) is 26.0 Å². The third-order valence-corrected chi connectivity index (χ3v) is 1.94. The summed E-state index contributed by atoms with van der Waals surface area (Å²) in [4.78, 5) is 22.7. The van der Waals surface area contributed by atoms with E-state index in [0.29, 0.717) is 18.0 Å². The molecule has 0 saturated heterocycles. The Bertz CT molecular complexity index is 398. The zero-order chi connectivity index (χ0) is 12.8. The average molecular weight is 239 g/mol. The fourth-order valence-electron chi connectivity index (χ4n) is 1.23. The number of carbonyl (C=O) groups excluding carboxylic acids is 2. The summed E-state index contributed by atoms with van der Waals surface area (Å²) in [5.41, 5.74) is 0. The first kappa shape index (κ1) is 13.2. The van der Waals surface area contributed by atoms with Crippen molar-refractivity contribution in [2.75, 3.05) is 11.9 Å². The normalized spacial score (nSPS) is 10.4. The van der Waals surface area contributed by atoms with Crippen molar-refractivity contribution in [1.29, 1.82) is 0 Å². The molecule has 0 bridgehead atoms. The van der Waals surface area contributed by atoms with Gasteiger partial charge in [0.2, 0.25) is 11.8 Å². The Hall–Kier alpha value is -1.85. The van der Waals surface area contributed by atoms with E-state index in [-0.39, 0.29) is 24.3 Å². The van der Waals surface area contributed by atoms with Crippen LogP contribution in [0.4, 0.5) is 5.82 Å². The molecule has 1 heterocycles. The smallest absolute Gasteiger partial charge is 0.245 e. The number of carbonyl (C=O) groups is 2. The molecule has 0 atom stereocenters. The Labute approximate surface area is 99.7 Å². The highest BCUT2D eigenvalue weighted by Gasteiger charge is 2.09. The van der Waals surface area contributed by atoms with Gasteiger partial charge in [-0.15, -0.1) is 0 Å². The van der Waals surface area contributed by atoms with Crippen molar-refractivity contribution in [2.24, 2.45) is 5.92 Å². The number of aromatic nitrogens is 1. The number of aryl methyl sites for hydroxylation is 1. The summed E-state index contributed by atoms with van der Waals surface area (Å²) in [6, 6.07) is 1.60. The highest BCUT2D eigenvalue weighted by Crippen LogP contribution is 2.06. The average Bonchev–Trinajstić information content (AvgIpc) is 2.60. The van der Waals surface area contributed by atoms with Gasteiger partial charge in [-0.1, -0.05) is 19.0 Å². The van der Waals surface area contributed by atoms with E-state index in [9.17, 15) is 9.59 Å². The lowest BCUT2D eigenvalue weighted by Gasteiger charge is -2.06. The summed E-state index contributed by atoms with van der Waals surface area (Å²) in [6.45, 7) is 5.56. The molecule has 0 aliphatic heterocycles. The summed E-state index contributed by atoms with van der Waals surface area (Å²) >= 11 is 0. The molecule has 0 aromatic carbocycles. The molecule has 1 aromatic rings. The standard InChI is InChI=1S/C11H17N3O3/c1-7(2)4-10(15)12-6-11(16)13-9-5-8(3)17-14-9/h5,7H,4,6H2,1-3H3,(H,12,15)(H,13,14,16). The van der Waals surface area contributed by atoms with Crippen molar-refractivity contribution in [3.8, 4) is 0 Å². The number of hydrogen-bond acceptors (Lipinski definition) is 4. The van der Waals surface area contributed by atoms with Crippen molar-refractivity contribution in [1.82, 2.24) is 10.5 Å². The quantitative estimate of drug-likeness (QED) is 0.805. The Morgan fingerprint density at radius 2 is 2.12 bits per heavy atom. The Morgan fingerprint density at radius 1 is 1.41 bits per heavy atom. The van der Waals surface area contributed by atoms with Gasteiger partial charge < -0.3 is 15.2 Å². The van der Waals surface area contributed by atoms with E-state index < -0.39 is 0 Å². The zero-order valence-electron chi connectivity index (χ0n) is 10.2. The van der Waals surface area contributed by atoms with Crippen molar-refractivity contribution in [3.05, 3.63) is 11.8 Å². The lowest BCUT2D eigenvalue weighted by atomic mass is 10.1. The molecule has 6 heteroatoms. The second-order valence-corrected chi connectivity index (χ2v) is 4.25. The van der Waals surface area contributed by atoms with Crippen LogP contribution in [0.2, 0.25) is 0 Å². The first-order valence-electron chi connectivity index (χ1n) is 5.47. The van der Waals surface area contributed by atoms with Crippen LogP contribution in [0.5, 0.6) is 0 Å². The van der Waals surface area contributed by atoms with Gasteiger partial charge in [-0.2, -0.15) is 0 Å². The van der Waals surface area contributed by atoms with Crippen LogP contribution < -0.4 is 10.6 Å². The van der Waals surface area contributed by atoms with Crippen LogP contribution >= 0.6 is 0 Å². The van der Waals surface area contributed by atoms with E-state index in [1.165, 1.54) is 0 Å². The number of nitrogens with one attached hydrogen (secondary N) is 2. The highest BCUT2D eigenvalue weighted by molar-refractivity contribution is 5.93. The lowest BCUT2D eigenvalue weighted by molar-refractivity contribution is -0.124. The topological polar surface area (TPSA) is 84.2 Å². The Morgan fingerprint density at radius 3 is 2.65 bits per heavy atom. The predicted octanol–water partition coefficient (Wildman–Crippen LogP) is 1.08. The monoisotopic (exact) mass is 239 g/mol. The Balaban J connectivity index is 2.28. The highest BCUT2D eigenvalue weighted by atomic mass is 16.5. The van der Waals surface area contributed by atoms with Crippen molar-refractivity contribution in [3.63, 3.8) is 0 Å². The molecule has 0 spiro atoms. The third kappa shape index (κ3) is 5.14. The molecular weight excluding hydrogens is 222 g/mol. The van der Waals surface area contributed by atoms with E-state index in [1.54, 1.807) is 13.0 Å². The largest absolute Gasteiger partial charge is 0.360 e. The SMILES string of the molecule is Cc1cc(NC(=O)CNC(=O)CC(C)C)no1. The minimum absolute atomic E-state index is 0.0581. The summed E-state index contributed by atoms with van der Waals surface area (Å²) < 4.78 is 4.79. The van der Waals surface area contributed by atoms with Gasteiger partial charge in [0.1, 0.15) is 5.76 Å². The van der Waals surface area contributed by atoms with Crippen molar-refractivity contribution < 1.29 is 14.1 Å². The number of anilines is 1. The summed E-state index contributed by atoms with van der Waals surface area (Å²) in [5.74, 6) is 0.785. The maximum Gasteiger partial charge on any atom is 0.245 e. The molecule has 94 valence electrons. The fourth-order valence-corrected chi connectivity index (χ4v) is 1.23. The number of amides is 2. The second kappa shape index (κ2) is 6.03. The molecule has 1 rings (SSSR count). The van der Waals surface area contributed by atoms with E-state index in [1.807, 2.05) is 13.8 Å². The molecule has 0 saturated carbocycles. The maximum absolute atomic E-state index is 11.4. The zero-order valence-corrected chi connectivity index (χ0v) is 10.2. The molecule has 0 aliphatic rings. The van der Waals surface area contributed by atoms with Crippen LogP contribution in [-0.4, -0.2) is 23.5 Å². The summed E-state index contributed by atoms with van der Waals surface area (Å²) in [7, 11) is 0. The number of hydrogen-bond donors (Lipinski definition) is 2. The molecule has 1 aromatic heterocycles. The predicted molar refractivity (Wildman–Crippen MR) is 62.3 cm³/mol. The molecule has 0 aliphatic carbocycles. The van der Waals surface area contributed by atoms with E-state index >= 15 is 0 Å². The molecule has 0 unspecified atom stereocenters. The second-order valence-electron chi connectivity index (χ2n) is 4.25. The van der Waals surface area contributed by atoms with Crippen LogP contribution in [-0.2, 0) is 9.59 Å². The van der Waals surface area contributed by atoms with Crippen molar-refractivity contribution in [2.45, 2.75) is 27.2 Å². The van der Waals surface area contributed by atoms with Crippen LogP contribution in [0.3, 0.4) is 0 Å². The van der Waals surface area contributed by atoms with Gasteiger partial charge in [-0.25, -0.2) is 0 Å². The van der Waals surface area contributed by atoms with Crippen LogP contribution in [0.15, 0.2) is 10.6 Å². The van der Waals surface area contributed by atoms with Gasteiger partial charge in [-0.05, 0) is 12.8 Å². The first-order chi connectivity index (χ1) is 7.97. The minimum atomic E-state index is -0.324. The minimum Gasteiger partial charge on any atom is -0.360 e.